The average Bonchev–Trinajstić information content (AvgIpc) is 3.25. The van der Waals surface area contributed by atoms with Crippen molar-refractivity contribution in [2.45, 2.75) is 43.8 Å². The highest BCUT2D eigenvalue weighted by atomic mass is 32.2. The van der Waals surface area contributed by atoms with Gasteiger partial charge in [0.15, 0.2) is 5.16 Å². The molecule has 3 aromatic rings. The van der Waals surface area contributed by atoms with Crippen LogP contribution in [0.15, 0.2) is 63.4 Å². The predicted molar refractivity (Wildman–Crippen MR) is 124 cm³/mol. The lowest BCUT2D eigenvalue weighted by atomic mass is 9.97. The van der Waals surface area contributed by atoms with E-state index in [0.29, 0.717) is 28.5 Å². The number of carbonyl (C=O) groups excluding carboxylic acids is 1. The van der Waals surface area contributed by atoms with Gasteiger partial charge in [-0.15, -0.1) is 11.3 Å². The Morgan fingerprint density at radius 2 is 2.07 bits per heavy atom. The van der Waals surface area contributed by atoms with Gasteiger partial charge in [0.2, 0.25) is 5.91 Å². The quantitative estimate of drug-likeness (QED) is 0.316. The van der Waals surface area contributed by atoms with E-state index >= 15 is 0 Å². The van der Waals surface area contributed by atoms with Gasteiger partial charge in [-0.3, -0.25) is 14.2 Å². The molecule has 1 amide bonds. The van der Waals surface area contributed by atoms with Gasteiger partial charge in [-0.25, -0.2) is 4.98 Å². The predicted octanol–water partition coefficient (Wildman–Crippen LogP) is 4.61. The molecule has 4 rings (SSSR count). The number of nitrogens with zero attached hydrogens (tertiary/aromatic N) is 2. The van der Waals surface area contributed by atoms with Gasteiger partial charge in [0.1, 0.15) is 4.70 Å². The molecule has 1 aliphatic carbocycles. The number of hydrogen-bond donors (Lipinski definition) is 1. The molecule has 0 unspecified atom stereocenters. The maximum atomic E-state index is 13.0. The van der Waals surface area contributed by atoms with Gasteiger partial charge >= 0.3 is 0 Å². The summed E-state index contributed by atoms with van der Waals surface area (Å²) in [7, 11) is 0. The number of thioether (sulfide) groups is 1. The molecule has 2 aromatic heterocycles. The van der Waals surface area contributed by atoms with Gasteiger partial charge < -0.3 is 5.32 Å². The molecule has 0 atom stereocenters. The number of carbonyl (C=O) groups is 1. The second kappa shape index (κ2) is 10.1. The number of fused-ring (bicyclic) bond motifs is 1. The molecule has 1 aromatic carbocycles. The first kappa shape index (κ1) is 20.9. The number of rotatable bonds is 8. The Morgan fingerprint density at radius 1 is 1.20 bits per heavy atom. The largest absolute Gasteiger partial charge is 0.355 e. The van der Waals surface area contributed by atoms with Crippen LogP contribution in [0.3, 0.4) is 0 Å². The van der Waals surface area contributed by atoms with Crippen LogP contribution in [0.4, 0.5) is 0 Å². The highest BCUT2D eigenvalue weighted by molar-refractivity contribution is 7.99. The summed E-state index contributed by atoms with van der Waals surface area (Å²) in [5.74, 6) is 0.220. The van der Waals surface area contributed by atoms with Crippen LogP contribution in [0.2, 0.25) is 0 Å². The molecular weight excluding hydrogens is 414 g/mol. The first-order chi connectivity index (χ1) is 14.7. The second-order valence-electron chi connectivity index (χ2n) is 7.40. The van der Waals surface area contributed by atoms with E-state index in [-0.39, 0.29) is 17.2 Å². The van der Waals surface area contributed by atoms with Crippen molar-refractivity contribution in [3.05, 3.63) is 69.3 Å². The van der Waals surface area contributed by atoms with Crippen LogP contribution in [-0.2, 0) is 11.3 Å². The summed E-state index contributed by atoms with van der Waals surface area (Å²) in [6.45, 7) is 1.11. The van der Waals surface area contributed by atoms with E-state index in [1.807, 2.05) is 41.8 Å². The van der Waals surface area contributed by atoms with Gasteiger partial charge in [-0.1, -0.05) is 53.7 Å². The molecule has 0 saturated carbocycles. The zero-order chi connectivity index (χ0) is 20.8. The third-order valence-electron chi connectivity index (χ3n) is 5.20. The first-order valence-electron chi connectivity index (χ1n) is 10.3. The number of allylic oxidation sites excluding steroid dienone is 1. The summed E-state index contributed by atoms with van der Waals surface area (Å²) in [5, 5.41) is 5.47. The topological polar surface area (TPSA) is 64.0 Å². The first-order valence-corrected chi connectivity index (χ1v) is 12.2. The smallest absolute Gasteiger partial charge is 0.272 e. The Labute approximate surface area is 184 Å². The fourth-order valence-electron chi connectivity index (χ4n) is 3.61. The maximum absolute atomic E-state index is 13.0. The Balaban J connectivity index is 1.43. The van der Waals surface area contributed by atoms with E-state index in [4.69, 9.17) is 0 Å². The Bertz CT molecular complexity index is 1100. The van der Waals surface area contributed by atoms with Crippen molar-refractivity contribution in [2.24, 2.45) is 0 Å². The molecule has 0 aliphatic heterocycles. The van der Waals surface area contributed by atoms with Crippen molar-refractivity contribution in [2.75, 3.05) is 12.3 Å². The summed E-state index contributed by atoms with van der Waals surface area (Å²) in [6.07, 6.45) is 8.08. The van der Waals surface area contributed by atoms with Crippen LogP contribution >= 0.6 is 23.1 Å². The van der Waals surface area contributed by atoms with Gasteiger partial charge in [0.25, 0.3) is 5.56 Å². The van der Waals surface area contributed by atoms with Crippen molar-refractivity contribution < 1.29 is 4.79 Å². The van der Waals surface area contributed by atoms with Crippen molar-refractivity contribution >= 4 is 39.2 Å². The molecule has 5 nitrogen and oxygen atoms in total. The third kappa shape index (κ3) is 5.21. The van der Waals surface area contributed by atoms with E-state index in [0.717, 1.165) is 24.8 Å². The number of hydrogen-bond acceptors (Lipinski definition) is 5. The summed E-state index contributed by atoms with van der Waals surface area (Å²) in [5.41, 5.74) is 3.13. The van der Waals surface area contributed by atoms with Crippen LogP contribution in [0.25, 0.3) is 10.2 Å². The SMILES string of the molecule is O=C(CSc1nc2ccsc2c(=O)n1Cc1ccccc1)NCCC1=CCCCC1. The van der Waals surface area contributed by atoms with Crippen LogP contribution in [0, 0.1) is 0 Å². The molecule has 0 bridgehead atoms. The van der Waals surface area contributed by atoms with Gasteiger partial charge in [-0.05, 0) is 49.1 Å². The molecule has 30 heavy (non-hydrogen) atoms. The Morgan fingerprint density at radius 3 is 2.87 bits per heavy atom. The van der Waals surface area contributed by atoms with E-state index in [9.17, 15) is 9.59 Å². The van der Waals surface area contributed by atoms with Crippen LogP contribution in [0.1, 0.15) is 37.7 Å². The minimum atomic E-state index is -0.0500. The van der Waals surface area contributed by atoms with E-state index in [2.05, 4.69) is 16.4 Å². The van der Waals surface area contributed by atoms with E-state index in [1.165, 1.54) is 41.5 Å². The minimum Gasteiger partial charge on any atom is -0.355 e. The molecule has 0 saturated heterocycles. The lowest BCUT2D eigenvalue weighted by Crippen LogP contribution is -2.28. The number of benzene rings is 1. The van der Waals surface area contributed by atoms with Gasteiger partial charge in [0.05, 0.1) is 17.8 Å². The van der Waals surface area contributed by atoms with Crippen molar-refractivity contribution in [3.63, 3.8) is 0 Å². The van der Waals surface area contributed by atoms with Gasteiger partial charge in [-0.2, -0.15) is 0 Å². The molecule has 1 N–H and O–H groups in total. The molecule has 0 radical (unpaired) electrons. The minimum absolute atomic E-state index is 0.0256. The standard InChI is InChI=1S/C23H25N3O2S2/c27-20(24-13-11-17-7-3-1-4-8-17)16-30-23-25-19-12-14-29-21(19)22(28)26(23)15-18-9-5-2-6-10-18/h2,5-7,9-10,12,14H,1,3-4,8,11,13,15-16H2,(H,24,27). The molecule has 2 heterocycles. The highest BCUT2D eigenvalue weighted by Crippen LogP contribution is 2.22. The molecule has 156 valence electrons. The molecule has 0 spiro atoms. The molecule has 1 aliphatic rings. The van der Waals surface area contributed by atoms with E-state index < -0.39 is 0 Å². The molecule has 0 fully saturated rings. The lowest BCUT2D eigenvalue weighted by Gasteiger charge is -2.14. The van der Waals surface area contributed by atoms with Crippen molar-refractivity contribution in [3.8, 4) is 0 Å². The third-order valence-corrected chi connectivity index (χ3v) is 7.07. The normalized spacial score (nSPS) is 13.9. The Kier molecular flexibility index (Phi) is 7.02. The summed E-state index contributed by atoms with van der Waals surface area (Å²) in [4.78, 5) is 30.0. The monoisotopic (exact) mass is 439 g/mol. The number of aromatic nitrogens is 2. The Hall–Kier alpha value is -2.38. The molecular formula is C23H25N3O2S2. The number of thiophene rings is 1. The van der Waals surface area contributed by atoms with Crippen molar-refractivity contribution in [1.82, 2.24) is 14.9 Å². The van der Waals surface area contributed by atoms with Gasteiger partial charge in [0, 0.05) is 6.54 Å². The summed E-state index contributed by atoms with van der Waals surface area (Å²) in [6, 6.07) is 11.7. The summed E-state index contributed by atoms with van der Waals surface area (Å²) >= 11 is 2.73. The average molecular weight is 440 g/mol. The summed E-state index contributed by atoms with van der Waals surface area (Å²) < 4.78 is 2.33. The van der Waals surface area contributed by atoms with Crippen LogP contribution in [0.5, 0.6) is 0 Å². The maximum Gasteiger partial charge on any atom is 0.272 e. The second-order valence-corrected chi connectivity index (χ2v) is 9.26. The van der Waals surface area contributed by atoms with Crippen LogP contribution < -0.4 is 10.9 Å². The van der Waals surface area contributed by atoms with Crippen molar-refractivity contribution in [1.29, 1.82) is 0 Å². The number of amides is 1. The highest BCUT2D eigenvalue weighted by Gasteiger charge is 2.15. The van der Waals surface area contributed by atoms with Crippen LogP contribution in [-0.4, -0.2) is 27.8 Å². The zero-order valence-corrected chi connectivity index (χ0v) is 18.4. The number of nitrogens with one attached hydrogen (secondary N) is 1. The van der Waals surface area contributed by atoms with E-state index in [1.54, 1.807) is 4.57 Å². The lowest BCUT2D eigenvalue weighted by molar-refractivity contribution is -0.118. The fourth-order valence-corrected chi connectivity index (χ4v) is 5.22. The molecule has 7 heteroatoms. The zero-order valence-electron chi connectivity index (χ0n) is 16.8. The fraction of sp³-hybridized carbons (Fsp3) is 0.348.